The Morgan fingerprint density at radius 3 is 2.25 bits per heavy atom. The summed E-state index contributed by atoms with van der Waals surface area (Å²) in [6, 6.07) is 14.5. The van der Waals surface area contributed by atoms with Gasteiger partial charge in [0.05, 0.1) is 18.4 Å². The Morgan fingerprint density at radius 1 is 1.00 bits per heavy atom. The van der Waals surface area contributed by atoms with Gasteiger partial charge in [-0.05, 0) is 57.2 Å². The predicted molar refractivity (Wildman–Crippen MR) is 93.9 cm³/mol. The average Bonchev–Trinajstić information content (AvgIpc) is 2.56. The van der Waals surface area contributed by atoms with E-state index in [9.17, 15) is 4.79 Å². The summed E-state index contributed by atoms with van der Waals surface area (Å²) < 4.78 is 16.5. The number of rotatable bonds is 8. The van der Waals surface area contributed by atoms with Crippen LogP contribution in [0.4, 0.5) is 5.69 Å². The Hall–Kier alpha value is -2.69. The quantitative estimate of drug-likeness (QED) is 0.798. The number of amides is 1. The fraction of sp³-hybridized carbons (Fsp3) is 0.316. The molecule has 0 heterocycles. The molecule has 0 unspecified atom stereocenters. The van der Waals surface area contributed by atoms with E-state index in [1.165, 1.54) is 0 Å². The maximum Gasteiger partial charge on any atom is 0.262 e. The van der Waals surface area contributed by atoms with Gasteiger partial charge in [-0.2, -0.15) is 0 Å². The van der Waals surface area contributed by atoms with Gasteiger partial charge in [0.1, 0.15) is 17.2 Å². The number of nitrogens with one attached hydrogen (secondary N) is 1. The fourth-order valence-corrected chi connectivity index (χ4v) is 2.06. The number of hydrogen-bond donors (Lipinski definition) is 1. The summed E-state index contributed by atoms with van der Waals surface area (Å²) in [6.07, 6.45) is 0.0307. The third kappa shape index (κ3) is 5.50. The Bertz CT molecular complexity index is 653. The molecule has 0 bridgehead atoms. The maximum atomic E-state index is 12.1. The topological polar surface area (TPSA) is 56.8 Å². The number of carbonyl (C=O) groups is 1. The molecule has 0 spiro atoms. The predicted octanol–water partition coefficient (Wildman–Crippen LogP) is 3.89. The molecule has 0 saturated heterocycles. The molecule has 0 aliphatic carbocycles. The van der Waals surface area contributed by atoms with Crippen LogP contribution in [0.2, 0.25) is 0 Å². The lowest BCUT2D eigenvalue weighted by atomic mass is 10.3. The minimum Gasteiger partial charge on any atom is -0.494 e. The smallest absolute Gasteiger partial charge is 0.262 e. The molecular weight excluding hydrogens is 306 g/mol. The highest BCUT2D eigenvalue weighted by atomic mass is 16.5. The van der Waals surface area contributed by atoms with Crippen molar-refractivity contribution in [3.05, 3.63) is 48.5 Å². The first-order valence-corrected chi connectivity index (χ1v) is 7.99. The second-order valence-corrected chi connectivity index (χ2v) is 5.40. The number of anilines is 1. The van der Waals surface area contributed by atoms with E-state index in [4.69, 9.17) is 14.2 Å². The molecule has 5 nitrogen and oxygen atoms in total. The summed E-state index contributed by atoms with van der Waals surface area (Å²) in [4.78, 5) is 12.1. The number of carbonyl (C=O) groups excluding carboxylic acids is 1. The minimum absolute atomic E-state index is 0.0307. The monoisotopic (exact) mass is 329 g/mol. The molecule has 1 N–H and O–H groups in total. The molecule has 2 aromatic rings. The van der Waals surface area contributed by atoms with Gasteiger partial charge in [0.2, 0.25) is 0 Å². The molecule has 0 saturated carbocycles. The van der Waals surface area contributed by atoms with E-state index in [0.29, 0.717) is 23.8 Å². The summed E-state index contributed by atoms with van der Waals surface area (Å²) in [5, 5.41) is 2.80. The van der Waals surface area contributed by atoms with Gasteiger partial charge in [0.25, 0.3) is 5.91 Å². The molecule has 128 valence electrons. The standard InChI is InChI=1S/C19H23NO4/c1-4-22-15-9-11-16(12-10-15)23-13-19(21)20-17-7-5-6-8-18(17)24-14(2)3/h5-12,14H,4,13H2,1-3H3,(H,20,21). The van der Waals surface area contributed by atoms with Crippen LogP contribution < -0.4 is 19.5 Å². The SMILES string of the molecule is CCOc1ccc(OCC(=O)Nc2ccccc2OC(C)C)cc1. The van der Waals surface area contributed by atoms with Crippen LogP contribution in [0.3, 0.4) is 0 Å². The van der Waals surface area contributed by atoms with Crippen molar-refractivity contribution in [3.63, 3.8) is 0 Å². The van der Waals surface area contributed by atoms with E-state index in [0.717, 1.165) is 5.75 Å². The van der Waals surface area contributed by atoms with E-state index in [-0.39, 0.29) is 18.6 Å². The largest absolute Gasteiger partial charge is 0.494 e. The first-order chi connectivity index (χ1) is 11.6. The Labute approximate surface area is 142 Å². The normalized spacial score (nSPS) is 10.3. The van der Waals surface area contributed by atoms with Crippen LogP contribution >= 0.6 is 0 Å². The molecular formula is C19H23NO4. The van der Waals surface area contributed by atoms with Gasteiger partial charge >= 0.3 is 0 Å². The molecule has 0 aromatic heterocycles. The Balaban J connectivity index is 1.89. The maximum absolute atomic E-state index is 12.1. The van der Waals surface area contributed by atoms with Gasteiger partial charge in [-0.25, -0.2) is 0 Å². The average molecular weight is 329 g/mol. The van der Waals surface area contributed by atoms with Crippen LogP contribution in [0.15, 0.2) is 48.5 Å². The van der Waals surface area contributed by atoms with Crippen molar-refractivity contribution in [1.82, 2.24) is 0 Å². The van der Waals surface area contributed by atoms with Crippen molar-refractivity contribution in [1.29, 1.82) is 0 Å². The minimum atomic E-state index is -0.247. The zero-order valence-corrected chi connectivity index (χ0v) is 14.2. The second kappa shape index (κ2) is 8.82. The van der Waals surface area contributed by atoms with Gasteiger partial charge in [-0.15, -0.1) is 0 Å². The van der Waals surface area contributed by atoms with Gasteiger partial charge in [-0.1, -0.05) is 12.1 Å². The summed E-state index contributed by atoms with van der Waals surface area (Å²) in [5.74, 6) is 1.78. The van der Waals surface area contributed by atoms with Crippen LogP contribution in [0.1, 0.15) is 20.8 Å². The Morgan fingerprint density at radius 2 is 1.62 bits per heavy atom. The van der Waals surface area contributed by atoms with Crippen LogP contribution in [0, 0.1) is 0 Å². The molecule has 2 aromatic carbocycles. The van der Waals surface area contributed by atoms with Crippen molar-refractivity contribution in [2.45, 2.75) is 26.9 Å². The number of hydrogen-bond acceptors (Lipinski definition) is 4. The third-order valence-electron chi connectivity index (χ3n) is 3.03. The van der Waals surface area contributed by atoms with Crippen LogP contribution in [0.5, 0.6) is 17.2 Å². The number of ether oxygens (including phenoxy) is 3. The van der Waals surface area contributed by atoms with Crippen molar-refractivity contribution >= 4 is 11.6 Å². The second-order valence-electron chi connectivity index (χ2n) is 5.40. The molecule has 1 amide bonds. The van der Waals surface area contributed by atoms with E-state index in [2.05, 4.69) is 5.32 Å². The molecule has 0 fully saturated rings. The molecule has 0 aliphatic heterocycles. The number of para-hydroxylation sites is 2. The number of benzene rings is 2. The van der Waals surface area contributed by atoms with Gasteiger partial charge in [0.15, 0.2) is 6.61 Å². The first kappa shape index (κ1) is 17.7. The molecule has 0 aliphatic rings. The van der Waals surface area contributed by atoms with E-state index < -0.39 is 0 Å². The summed E-state index contributed by atoms with van der Waals surface area (Å²) >= 11 is 0. The Kier molecular flexibility index (Phi) is 6.49. The van der Waals surface area contributed by atoms with Crippen molar-refractivity contribution in [2.75, 3.05) is 18.5 Å². The molecule has 5 heteroatoms. The zero-order valence-electron chi connectivity index (χ0n) is 14.2. The van der Waals surface area contributed by atoms with E-state index in [1.54, 1.807) is 18.2 Å². The van der Waals surface area contributed by atoms with Crippen molar-refractivity contribution in [2.24, 2.45) is 0 Å². The van der Waals surface area contributed by atoms with Gasteiger partial charge < -0.3 is 19.5 Å². The van der Waals surface area contributed by atoms with E-state index in [1.807, 2.05) is 51.1 Å². The molecule has 24 heavy (non-hydrogen) atoms. The highest BCUT2D eigenvalue weighted by molar-refractivity contribution is 5.93. The lowest BCUT2D eigenvalue weighted by Crippen LogP contribution is -2.21. The van der Waals surface area contributed by atoms with Crippen molar-refractivity contribution in [3.8, 4) is 17.2 Å². The molecule has 0 atom stereocenters. The van der Waals surface area contributed by atoms with Crippen LogP contribution in [0.25, 0.3) is 0 Å². The van der Waals surface area contributed by atoms with Gasteiger partial charge in [-0.3, -0.25) is 4.79 Å². The molecule has 0 radical (unpaired) electrons. The highest BCUT2D eigenvalue weighted by Gasteiger charge is 2.09. The highest BCUT2D eigenvalue weighted by Crippen LogP contribution is 2.25. The third-order valence-corrected chi connectivity index (χ3v) is 3.03. The summed E-state index contributed by atoms with van der Waals surface area (Å²) in [5.41, 5.74) is 0.631. The lowest BCUT2D eigenvalue weighted by Gasteiger charge is -2.15. The fourth-order valence-electron chi connectivity index (χ4n) is 2.06. The first-order valence-electron chi connectivity index (χ1n) is 7.99. The van der Waals surface area contributed by atoms with Crippen LogP contribution in [-0.4, -0.2) is 25.2 Å². The van der Waals surface area contributed by atoms with E-state index >= 15 is 0 Å². The van der Waals surface area contributed by atoms with Crippen molar-refractivity contribution < 1.29 is 19.0 Å². The lowest BCUT2D eigenvalue weighted by molar-refractivity contribution is -0.118. The summed E-state index contributed by atoms with van der Waals surface area (Å²) in [6.45, 7) is 6.33. The zero-order chi connectivity index (χ0) is 17.4. The van der Waals surface area contributed by atoms with Gasteiger partial charge in [0, 0.05) is 0 Å². The molecule has 2 rings (SSSR count). The van der Waals surface area contributed by atoms with Crippen LogP contribution in [-0.2, 0) is 4.79 Å². The summed E-state index contributed by atoms with van der Waals surface area (Å²) in [7, 11) is 0.